The van der Waals surface area contributed by atoms with Crippen molar-refractivity contribution < 1.29 is 9.53 Å². The van der Waals surface area contributed by atoms with Crippen LogP contribution >= 0.6 is 0 Å². The normalized spacial score (nSPS) is 23.6. The monoisotopic (exact) mass is 236 g/mol. The van der Waals surface area contributed by atoms with Crippen LogP contribution in [0.2, 0.25) is 0 Å². The lowest BCUT2D eigenvalue weighted by molar-refractivity contribution is 0.0205. The average molecular weight is 236 g/mol. The van der Waals surface area contributed by atoms with Gasteiger partial charge in [0.1, 0.15) is 11.5 Å². The predicted octanol–water partition coefficient (Wildman–Crippen LogP) is 0.358. The number of nitrogens with two attached hydrogens (primary N) is 1. The van der Waals surface area contributed by atoms with Gasteiger partial charge in [0.2, 0.25) is 0 Å². The van der Waals surface area contributed by atoms with E-state index in [9.17, 15) is 4.79 Å². The van der Waals surface area contributed by atoms with Crippen molar-refractivity contribution in [3.8, 4) is 0 Å². The molecule has 0 saturated carbocycles. The van der Waals surface area contributed by atoms with Crippen molar-refractivity contribution in [2.24, 2.45) is 0 Å². The Labute approximate surface area is 99.6 Å². The lowest BCUT2D eigenvalue weighted by Gasteiger charge is -2.23. The third-order valence-electron chi connectivity index (χ3n) is 2.81. The Hall–Kier alpha value is -1.69. The van der Waals surface area contributed by atoms with Crippen molar-refractivity contribution >= 4 is 11.7 Å². The van der Waals surface area contributed by atoms with E-state index in [2.05, 4.69) is 15.3 Å². The third-order valence-corrected chi connectivity index (χ3v) is 2.81. The Kier molecular flexibility index (Phi) is 3.23. The summed E-state index contributed by atoms with van der Waals surface area (Å²) in [5.41, 5.74) is 5.43. The summed E-state index contributed by atoms with van der Waals surface area (Å²) in [5.74, 6) is -0.0393. The molecule has 92 valence electrons. The summed E-state index contributed by atoms with van der Waals surface area (Å²) in [6.07, 6.45) is 4.78. The van der Waals surface area contributed by atoms with Gasteiger partial charge in [0, 0.05) is 13.2 Å². The number of ether oxygens (including phenoxy) is 1. The number of anilines is 1. The minimum absolute atomic E-state index is 0.228. The summed E-state index contributed by atoms with van der Waals surface area (Å²) in [6, 6.07) is 0. The Balaban J connectivity index is 1.93. The largest absolute Gasteiger partial charge is 0.382 e. The molecule has 0 spiro atoms. The van der Waals surface area contributed by atoms with Crippen LogP contribution in [-0.4, -0.2) is 34.6 Å². The Morgan fingerprint density at radius 3 is 3.12 bits per heavy atom. The van der Waals surface area contributed by atoms with Gasteiger partial charge in [-0.05, 0) is 19.8 Å². The van der Waals surface area contributed by atoms with Crippen LogP contribution < -0.4 is 11.1 Å². The highest BCUT2D eigenvalue weighted by atomic mass is 16.5. The van der Waals surface area contributed by atoms with Gasteiger partial charge in [-0.25, -0.2) is 4.98 Å². The summed E-state index contributed by atoms with van der Waals surface area (Å²) in [7, 11) is 0. The molecule has 1 aliphatic heterocycles. The Bertz CT molecular complexity index is 416. The van der Waals surface area contributed by atoms with E-state index in [1.54, 1.807) is 0 Å². The SMILES string of the molecule is CC1(CNC(=O)c2cncc(N)n2)CCCO1. The quantitative estimate of drug-likeness (QED) is 0.790. The van der Waals surface area contributed by atoms with Crippen LogP contribution in [0.4, 0.5) is 5.82 Å². The summed E-state index contributed by atoms with van der Waals surface area (Å²) in [4.78, 5) is 19.5. The second-order valence-electron chi connectivity index (χ2n) is 4.41. The lowest BCUT2D eigenvalue weighted by Crippen LogP contribution is -2.40. The fourth-order valence-electron chi connectivity index (χ4n) is 1.82. The molecule has 6 nitrogen and oxygen atoms in total. The van der Waals surface area contributed by atoms with Gasteiger partial charge in [-0.15, -0.1) is 0 Å². The van der Waals surface area contributed by atoms with Crippen molar-refractivity contribution in [1.82, 2.24) is 15.3 Å². The maximum Gasteiger partial charge on any atom is 0.271 e. The molecule has 1 saturated heterocycles. The lowest BCUT2D eigenvalue weighted by atomic mass is 10.0. The standard InChI is InChI=1S/C11H16N4O2/c1-11(3-2-4-17-11)7-14-10(16)8-5-13-6-9(12)15-8/h5-6H,2-4,7H2,1H3,(H2,12,15)(H,14,16). The van der Waals surface area contributed by atoms with E-state index in [-0.39, 0.29) is 23.0 Å². The second-order valence-corrected chi connectivity index (χ2v) is 4.41. The topological polar surface area (TPSA) is 90.1 Å². The first-order valence-corrected chi connectivity index (χ1v) is 5.59. The van der Waals surface area contributed by atoms with Crippen molar-refractivity contribution in [2.45, 2.75) is 25.4 Å². The molecule has 2 rings (SSSR count). The van der Waals surface area contributed by atoms with Gasteiger partial charge in [0.05, 0.1) is 18.0 Å². The number of aromatic nitrogens is 2. The fourth-order valence-corrected chi connectivity index (χ4v) is 1.82. The highest BCUT2D eigenvalue weighted by Gasteiger charge is 2.30. The number of hydrogen-bond donors (Lipinski definition) is 2. The van der Waals surface area contributed by atoms with E-state index in [1.165, 1.54) is 12.4 Å². The van der Waals surface area contributed by atoms with Crippen LogP contribution in [-0.2, 0) is 4.74 Å². The molecule has 0 aromatic carbocycles. The van der Waals surface area contributed by atoms with Gasteiger partial charge in [0.15, 0.2) is 0 Å². The molecule has 17 heavy (non-hydrogen) atoms. The van der Waals surface area contributed by atoms with Gasteiger partial charge >= 0.3 is 0 Å². The van der Waals surface area contributed by atoms with Crippen LogP contribution in [0.5, 0.6) is 0 Å². The van der Waals surface area contributed by atoms with E-state index in [0.717, 1.165) is 19.4 Å². The highest BCUT2D eigenvalue weighted by Crippen LogP contribution is 2.23. The van der Waals surface area contributed by atoms with Crippen LogP contribution in [0.3, 0.4) is 0 Å². The second kappa shape index (κ2) is 4.67. The number of amides is 1. The summed E-state index contributed by atoms with van der Waals surface area (Å²) in [6.45, 7) is 3.22. The minimum atomic E-state index is -0.276. The molecule has 1 unspecified atom stereocenters. The number of nitrogen functional groups attached to an aromatic ring is 1. The summed E-state index contributed by atoms with van der Waals surface area (Å²) < 4.78 is 5.57. The molecule has 0 aliphatic carbocycles. The van der Waals surface area contributed by atoms with Gasteiger partial charge in [0.25, 0.3) is 5.91 Å². The van der Waals surface area contributed by atoms with Gasteiger partial charge in [-0.3, -0.25) is 9.78 Å². The first-order valence-electron chi connectivity index (χ1n) is 5.59. The summed E-state index contributed by atoms with van der Waals surface area (Å²) in [5, 5.41) is 2.79. The fraction of sp³-hybridized carbons (Fsp3) is 0.545. The zero-order valence-corrected chi connectivity index (χ0v) is 9.77. The van der Waals surface area contributed by atoms with Crippen molar-refractivity contribution in [2.75, 3.05) is 18.9 Å². The van der Waals surface area contributed by atoms with Gasteiger partial charge in [-0.2, -0.15) is 0 Å². The van der Waals surface area contributed by atoms with E-state index in [4.69, 9.17) is 10.5 Å². The zero-order chi connectivity index (χ0) is 12.3. The molecule has 1 aliphatic rings. The van der Waals surface area contributed by atoms with Gasteiger partial charge < -0.3 is 15.8 Å². The molecular weight excluding hydrogens is 220 g/mol. The predicted molar refractivity (Wildman–Crippen MR) is 62.4 cm³/mol. The number of hydrogen-bond acceptors (Lipinski definition) is 5. The minimum Gasteiger partial charge on any atom is -0.382 e. The first-order chi connectivity index (χ1) is 8.09. The van der Waals surface area contributed by atoms with Crippen LogP contribution in [0.15, 0.2) is 12.4 Å². The maximum atomic E-state index is 11.8. The van der Waals surface area contributed by atoms with Crippen molar-refractivity contribution in [3.05, 3.63) is 18.1 Å². The Morgan fingerprint density at radius 1 is 1.65 bits per heavy atom. The molecule has 1 atom stereocenters. The number of nitrogens with one attached hydrogen (secondary N) is 1. The van der Waals surface area contributed by atoms with E-state index in [1.807, 2.05) is 6.92 Å². The van der Waals surface area contributed by atoms with E-state index in [0.29, 0.717) is 6.54 Å². The molecule has 6 heteroatoms. The number of carbonyl (C=O) groups is 1. The number of carbonyl (C=O) groups excluding carboxylic acids is 1. The van der Waals surface area contributed by atoms with E-state index >= 15 is 0 Å². The molecule has 0 radical (unpaired) electrons. The third kappa shape index (κ3) is 2.91. The molecule has 1 amide bonds. The highest BCUT2D eigenvalue weighted by molar-refractivity contribution is 5.92. The number of nitrogens with zero attached hydrogens (tertiary/aromatic N) is 2. The van der Waals surface area contributed by atoms with Gasteiger partial charge in [-0.1, -0.05) is 0 Å². The summed E-state index contributed by atoms with van der Waals surface area (Å²) >= 11 is 0. The van der Waals surface area contributed by atoms with Crippen molar-refractivity contribution in [1.29, 1.82) is 0 Å². The Morgan fingerprint density at radius 2 is 2.47 bits per heavy atom. The molecular formula is C11H16N4O2. The molecule has 1 aromatic rings. The van der Waals surface area contributed by atoms with E-state index < -0.39 is 0 Å². The van der Waals surface area contributed by atoms with Crippen LogP contribution in [0.1, 0.15) is 30.3 Å². The molecule has 3 N–H and O–H groups in total. The van der Waals surface area contributed by atoms with Crippen molar-refractivity contribution in [3.63, 3.8) is 0 Å². The average Bonchev–Trinajstić information content (AvgIpc) is 2.74. The molecule has 1 fully saturated rings. The molecule has 1 aromatic heterocycles. The zero-order valence-electron chi connectivity index (χ0n) is 9.77. The smallest absolute Gasteiger partial charge is 0.271 e. The molecule has 0 bridgehead atoms. The first kappa shape index (κ1) is 11.8. The molecule has 2 heterocycles. The van der Waals surface area contributed by atoms with Crippen LogP contribution in [0, 0.1) is 0 Å². The maximum absolute atomic E-state index is 11.8. The van der Waals surface area contributed by atoms with Crippen LogP contribution in [0.25, 0.3) is 0 Å². The number of rotatable bonds is 3.